The lowest BCUT2D eigenvalue weighted by atomic mass is 10.1. The number of carbonyl (C=O) groups is 1. The topological polar surface area (TPSA) is 46.5 Å². The minimum absolute atomic E-state index is 0.0576. The Balaban J connectivity index is 2.29. The molecule has 2 aromatic carbocycles. The van der Waals surface area contributed by atoms with Crippen molar-refractivity contribution >= 4 is 25.9 Å². The molecule has 2 rings (SSSR count). The van der Waals surface area contributed by atoms with Crippen molar-refractivity contribution in [2.24, 2.45) is 0 Å². The molecular weight excluding hydrogens is 396 g/mol. The summed E-state index contributed by atoms with van der Waals surface area (Å²) in [5.74, 6) is 1.14. The number of hydrogen-bond donors (Lipinski definition) is 1. The van der Waals surface area contributed by atoms with Crippen molar-refractivity contribution in [3.8, 4) is 11.5 Å². The van der Waals surface area contributed by atoms with Gasteiger partial charge in [-0.15, -0.1) is 11.8 Å². The first-order valence-corrected chi connectivity index (χ1v) is 13.4. The molecule has 2 aromatic rings. The number of rotatable bonds is 9. The molecule has 0 aromatic heterocycles. The molecule has 0 spiro atoms. The maximum atomic E-state index is 12.3. The van der Waals surface area contributed by atoms with Gasteiger partial charge in [-0.25, -0.2) is 0 Å². The lowest BCUT2D eigenvalue weighted by Gasteiger charge is -2.42. The van der Waals surface area contributed by atoms with E-state index in [9.17, 15) is 9.90 Å². The first kappa shape index (κ1) is 23.6. The standard InChI is InChI=1S/C24H34O3SSi/c1-16(2)29(17(3)4,18(5)6)27-21-14-12-20(13-15-21)24(19(7)25)28-23-11-9-8-10-22(23)26/h8-18,24,26H,1-7H3. The molecule has 29 heavy (non-hydrogen) atoms. The number of thioether (sulfide) groups is 1. The Morgan fingerprint density at radius 1 is 0.897 bits per heavy atom. The van der Waals surface area contributed by atoms with Crippen molar-refractivity contribution in [2.45, 2.75) is 75.2 Å². The van der Waals surface area contributed by atoms with Gasteiger partial charge in [-0.05, 0) is 53.4 Å². The number of carbonyl (C=O) groups excluding carboxylic acids is 1. The second kappa shape index (κ2) is 9.85. The summed E-state index contributed by atoms with van der Waals surface area (Å²) in [6.07, 6.45) is 0. The monoisotopic (exact) mass is 430 g/mol. The van der Waals surface area contributed by atoms with Gasteiger partial charge in [0.1, 0.15) is 17.3 Å². The first-order valence-electron chi connectivity index (χ1n) is 10.3. The fraction of sp³-hybridized carbons (Fsp3) is 0.458. The molecule has 0 saturated heterocycles. The van der Waals surface area contributed by atoms with Crippen molar-refractivity contribution in [3.63, 3.8) is 0 Å². The van der Waals surface area contributed by atoms with Gasteiger partial charge in [-0.3, -0.25) is 4.79 Å². The van der Waals surface area contributed by atoms with Crippen LogP contribution in [0.15, 0.2) is 53.4 Å². The Labute approximate surface area is 181 Å². The van der Waals surface area contributed by atoms with E-state index in [1.165, 1.54) is 11.8 Å². The van der Waals surface area contributed by atoms with Gasteiger partial charge in [0.15, 0.2) is 0 Å². The molecule has 0 bridgehead atoms. The Morgan fingerprint density at radius 2 is 1.41 bits per heavy atom. The highest BCUT2D eigenvalue weighted by molar-refractivity contribution is 8.00. The number of Topliss-reactive ketones (excluding diaryl/α,β-unsaturated/α-hetero) is 1. The van der Waals surface area contributed by atoms with E-state index < -0.39 is 8.32 Å². The van der Waals surface area contributed by atoms with Crippen molar-refractivity contribution in [1.29, 1.82) is 0 Å². The zero-order valence-electron chi connectivity index (χ0n) is 18.6. The fourth-order valence-electron chi connectivity index (χ4n) is 4.34. The van der Waals surface area contributed by atoms with E-state index in [0.717, 1.165) is 11.3 Å². The molecular formula is C24H34O3SSi. The minimum atomic E-state index is -2.01. The summed E-state index contributed by atoms with van der Waals surface area (Å²) in [6, 6.07) is 15.1. The molecule has 1 N–H and O–H groups in total. The van der Waals surface area contributed by atoms with Crippen molar-refractivity contribution < 1.29 is 14.3 Å². The predicted octanol–water partition coefficient (Wildman–Crippen LogP) is 7.37. The molecule has 5 heteroatoms. The van der Waals surface area contributed by atoms with Crippen LogP contribution >= 0.6 is 11.8 Å². The predicted molar refractivity (Wildman–Crippen MR) is 126 cm³/mol. The lowest BCUT2D eigenvalue weighted by molar-refractivity contribution is -0.116. The van der Waals surface area contributed by atoms with E-state index in [0.29, 0.717) is 21.5 Å². The van der Waals surface area contributed by atoms with E-state index in [1.54, 1.807) is 19.1 Å². The van der Waals surface area contributed by atoms with Gasteiger partial charge in [0.25, 0.3) is 8.32 Å². The largest absolute Gasteiger partial charge is 0.543 e. The van der Waals surface area contributed by atoms with Gasteiger partial charge in [0, 0.05) is 0 Å². The molecule has 3 nitrogen and oxygen atoms in total. The summed E-state index contributed by atoms with van der Waals surface area (Å²) >= 11 is 1.38. The first-order chi connectivity index (χ1) is 13.6. The van der Waals surface area contributed by atoms with Crippen molar-refractivity contribution in [3.05, 3.63) is 54.1 Å². The Bertz CT molecular complexity index is 793. The highest BCUT2D eigenvalue weighted by Crippen LogP contribution is 2.44. The molecule has 0 aliphatic rings. The summed E-state index contributed by atoms with van der Waals surface area (Å²) in [4.78, 5) is 13.0. The zero-order valence-corrected chi connectivity index (χ0v) is 20.4. The molecule has 0 amide bonds. The molecule has 1 unspecified atom stereocenters. The highest BCUT2D eigenvalue weighted by Gasteiger charge is 2.46. The van der Waals surface area contributed by atoms with E-state index in [1.807, 2.05) is 36.4 Å². The van der Waals surface area contributed by atoms with Crippen LogP contribution in [-0.4, -0.2) is 19.2 Å². The van der Waals surface area contributed by atoms with E-state index in [2.05, 4.69) is 41.5 Å². The quantitative estimate of drug-likeness (QED) is 0.333. The summed E-state index contributed by atoms with van der Waals surface area (Å²) in [5.41, 5.74) is 2.43. The van der Waals surface area contributed by atoms with Crippen LogP contribution in [0.2, 0.25) is 16.6 Å². The normalized spacial score (nSPS) is 13.2. The van der Waals surface area contributed by atoms with Crippen molar-refractivity contribution in [1.82, 2.24) is 0 Å². The Morgan fingerprint density at radius 3 is 1.86 bits per heavy atom. The molecule has 1 atom stereocenters. The van der Waals surface area contributed by atoms with Gasteiger partial charge in [-0.2, -0.15) is 0 Å². The van der Waals surface area contributed by atoms with Crippen LogP contribution in [0.3, 0.4) is 0 Å². The smallest absolute Gasteiger partial charge is 0.258 e. The Hall–Kier alpha value is -1.72. The number of hydrogen-bond acceptors (Lipinski definition) is 4. The average molecular weight is 431 g/mol. The van der Waals surface area contributed by atoms with Gasteiger partial charge in [0.2, 0.25) is 0 Å². The second-order valence-electron chi connectivity index (χ2n) is 8.57. The van der Waals surface area contributed by atoms with E-state index in [4.69, 9.17) is 4.43 Å². The van der Waals surface area contributed by atoms with Crippen LogP contribution in [0, 0.1) is 0 Å². The molecule has 0 aliphatic heterocycles. The highest BCUT2D eigenvalue weighted by atomic mass is 32.2. The zero-order chi connectivity index (χ0) is 21.8. The van der Waals surface area contributed by atoms with E-state index >= 15 is 0 Å². The van der Waals surface area contributed by atoms with Gasteiger partial charge < -0.3 is 9.53 Å². The number of phenolic OH excluding ortho intramolecular Hbond substituents is 1. The lowest BCUT2D eigenvalue weighted by Crippen LogP contribution is -2.50. The molecule has 0 saturated carbocycles. The van der Waals surface area contributed by atoms with Crippen LogP contribution in [0.1, 0.15) is 59.3 Å². The molecule has 0 fully saturated rings. The van der Waals surface area contributed by atoms with Crippen LogP contribution < -0.4 is 4.43 Å². The fourth-order valence-corrected chi connectivity index (χ4v) is 10.6. The summed E-state index contributed by atoms with van der Waals surface area (Å²) in [5, 5.41) is 9.71. The Kier molecular flexibility index (Phi) is 8.00. The van der Waals surface area contributed by atoms with Gasteiger partial charge in [-0.1, -0.05) is 65.8 Å². The third-order valence-electron chi connectivity index (χ3n) is 5.66. The van der Waals surface area contributed by atoms with Gasteiger partial charge in [0.05, 0.1) is 10.1 Å². The maximum absolute atomic E-state index is 12.3. The molecule has 0 aliphatic carbocycles. The number of phenols is 1. The van der Waals surface area contributed by atoms with Crippen LogP contribution in [-0.2, 0) is 4.79 Å². The molecule has 158 valence electrons. The summed E-state index contributed by atoms with van der Waals surface area (Å²) < 4.78 is 6.73. The summed E-state index contributed by atoms with van der Waals surface area (Å²) in [7, 11) is -2.01. The average Bonchev–Trinajstić information content (AvgIpc) is 2.65. The van der Waals surface area contributed by atoms with E-state index in [-0.39, 0.29) is 16.8 Å². The third-order valence-corrected chi connectivity index (χ3v) is 13.1. The number of para-hydroxylation sites is 1. The number of benzene rings is 2. The third kappa shape index (κ3) is 5.26. The van der Waals surface area contributed by atoms with Gasteiger partial charge >= 0.3 is 0 Å². The molecule has 0 heterocycles. The second-order valence-corrected chi connectivity index (χ2v) is 15.1. The van der Waals surface area contributed by atoms with Crippen LogP contribution in [0.4, 0.5) is 0 Å². The SMILES string of the molecule is CC(=O)C(Sc1ccccc1O)c1ccc(O[Si](C(C)C)(C(C)C)C(C)C)cc1. The van der Waals surface area contributed by atoms with Crippen LogP contribution in [0.5, 0.6) is 11.5 Å². The van der Waals surface area contributed by atoms with Crippen molar-refractivity contribution in [2.75, 3.05) is 0 Å². The molecule has 0 radical (unpaired) electrons. The summed E-state index contributed by atoms with van der Waals surface area (Å²) in [6.45, 7) is 15.2. The maximum Gasteiger partial charge on any atom is 0.258 e. The van der Waals surface area contributed by atoms with Crippen LogP contribution in [0.25, 0.3) is 0 Å². The number of ketones is 1. The number of aromatic hydroxyl groups is 1. The minimum Gasteiger partial charge on any atom is -0.543 e.